The van der Waals surface area contributed by atoms with Gasteiger partial charge in [-0.15, -0.1) is 0 Å². The lowest BCUT2D eigenvalue weighted by Gasteiger charge is -2.07. The first-order chi connectivity index (χ1) is 5.18. The van der Waals surface area contributed by atoms with E-state index in [0.29, 0.717) is 6.04 Å². The number of hydrogen-bond donors (Lipinski definition) is 1. The van der Waals surface area contributed by atoms with Gasteiger partial charge in [0, 0.05) is 6.04 Å². The summed E-state index contributed by atoms with van der Waals surface area (Å²) in [7, 11) is 0. The minimum Gasteiger partial charge on any atom is -0.367 e. The molecular formula is C7H10BrN3. The third kappa shape index (κ3) is 2.84. The molecule has 60 valence electrons. The fraction of sp³-hybridized carbons (Fsp3) is 0.429. The van der Waals surface area contributed by atoms with E-state index >= 15 is 0 Å². The van der Waals surface area contributed by atoms with Crippen LogP contribution in [0.25, 0.3) is 0 Å². The van der Waals surface area contributed by atoms with E-state index in [-0.39, 0.29) is 0 Å². The molecule has 0 aliphatic heterocycles. The summed E-state index contributed by atoms with van der Waals surface area (Å²) in [4.78, 5) is 8.12. The van der Waals surface area contributed by atoms with Gasteiger partial charge in [0.1, 0.15) is 10.4 Å². The topological polar surface area (TPSA) is 37.8 Å². The van der Waals surface area contributed by atoms with Crippen molar-refractivity contribution in [3.05, 3.63) is 17.0 Å². The summed E-state index contributed by atoms with van der Waals surface area (Å²) in [6, 6.07) is 0.388. The highest BCUT2D eigenvalue weighted by atomic mass is 79.9. The Balaban J connectivity index is 2.71. The zero-order valence-corrected chi connectivity index (χ0v) is 8.09. The van der Waals surface area contributed by atoms with Gasteiger partial charge < -0.3 is 5.32 Å². The lowest BCUT2D eigenvalue weighted by molar-refractivity contribution is 0.884. The minimum absolute atomic E-state index is 0.388. The summed E-state index contributed by atoms with van der Waals surface area (Å²) in [5, 5.41) is 3.14. The average Bonchev–Trinajstić information content (AvgIpc) is 1.85. The molecule has 1 N–H and O–H groups in total. The predicted molar refractivity (Wildman–Crippen MR) is 48.5 cm³/mol. The highest BCUT2D eigenvalue weighted by molar-refractivity contribution is 9.10. The summed E-state index contributed by atoms with van der Waals surface area (Å²) in [6.07, 6.45) is 3.36. The second-order valence-electron chi connectivity index (χ2n) is 2.53. The number of halogens is 1. The van der Waals surface area contributed by atoms with Crippen molar-refractivity contribution >= 4 is 21.7 Å². The van der Waals surface area contributed by atoms with E-state index in [9.17, 15) is 0 Å². The highest BCUT2D eigenvalue weighted by Crippen LogP contribution is 2.08. The SMILES string of the molecule is CC(C)Nc1cncc(Br)n1. The maximum absolute atomic E-state index is 4.16. The fourth-order valence-electron chi connectivity index (χ4n) is 0.707. The van der Waals surface area contributed by atoms with Crippen molar-refractivity contribution in [1.82, 2.24) is 9.97 Å². The summed E-state index contributed by atoms with van der Waals surface area (Å²) < 4.78 is 0.753. The first-order valence-electron chi connectivity index (χ1n) is 3.42. The normalized spacial score (nSPS) is 10.2. The van der Waals surface area contributed by atoms with Crippen LogP contribution >= 0.6 is 15.9 Å². The molecule has 1 aromatic heterocycles. The van der Waals surface area contributed by atoms with Crippen LogP contribution in [0.5, 0.6) is 0 Å². The number of nitrogens with zero attached hydrogens (tertiary/aromatic N) is 2. The van der Waals surface area contributed by atoms with Crippen molar-refractivity contribution in [3.63, 3.8) is 0 Å². The van der Waals surface area contributed by atoms with E-state index in [1.54, 1.807) is 12.4 Å². The Bertz CT molecular complexity index is 237. The Hall–Kier alpha value is -0.640. The van der Waals surface area contributed by atoms with Crippen LogP contribution in [-0.4, -0.2) is 16.0 Å². The second kappa shape index (κ2) is 3.67. The quantitative estimate of drug-likeness (QED) is 0.822. The predicted octanol–water partition coefficient (Wildman–Crippen LogP) is 2.06. The number of nitrogens with one attached hydrogen (secondary N) is 1. The number of hydrogen-bond acceptors (Lipinski definition) is 3. The van der Waals surface area contributed by atoms with E-state index in [4.69, 9.17) is 0 Å². The van der Waals surface area contributed by atoms with Crippen molar-refractivity contribution in [3.8, 4) is 0 Å². The zero-order chi connectivity index (χ0) is 8.27. The molecule has 0 aliphatic carbocycles. The van der Waals surface area contributed by atoms with Crippen LogP contribution in [0.4, 0.5) is 5.82 Å². The summed E-state index contributed by atoms with van der Waals surface area (Å²) in [6.45, 7) is 4.12. The molecule has 4 heteroatoms. The van der Waals surface area contributed by atoms with E-state index in [2.05, 4.69) is 45.1 Å². The maximum atomic E-state index is 4.16. The lowest BCUT2D eigenvalue weighted by Crippen LogP contribution is -2.11. The van der Waals surface area contributed by atoms with Crippen LogP contribution in [0.3, 0.4) is 0 Å². The highest BCUT2D eigenvalue weighted by Gasteiger charge is 1.96. The molecule has 0 radical (unpaired) electrons. The van der Waals surface area contributed by atoms with Crippen molar-refractivity contribution < 1.29 is 0 Å². The van der Waals surface area contributed by atoms with Gasteiger partial charge in [-0.1, -0.05) is 0 Å². The summed E-state index contributed by atoms with van der Waals surface area (Å²) in [5.41, 5.74) is 0. The van der Waals surface area contributed by atoms with Gasteiger partial charge >= 0.3 is 0 Å². The summed E-state index contributed by atoms with van der Waals surface area (Å²) >= 11 is 3.24. The Morgan fingerprint density at radius 1 is 1.45 bits per heavy atom. The van der Waals surface area contributed by atoms with Crippen molar-refractivity contribution in [2.45, 2.75) is 19.9 Å². The number of anilines is 1. The molecule has 0 aromatic carbocycles. The Morgan fingerprint density at radius 2 is 2.18 bits per heavy atom. The number of rotatable bonds is 2. The van der Waals surface area contributed by atoms with Crippen LogP contribution in [0.15, 0.2) is 17.0 Å². The second-order valence-corrected chi connectivity index (χ2v) is 3.34. The third-order valence-electron chi connectivity index (χ3n) is 1.04. The molecule has 0 atom stereocenters. The van der Waals surface area contributed by atoms with E-state index < -0.39 is 0 Å². The molecule has 3 nitrogen and oxygen atoms in total. The summed E-state index contributed by atoms with van der Waals surface area (Å²) in [5.74, 6) is 0.800. The van der Waals surface area contributed by atoms with E-state index in [1.807, 2.05) is 0 Å². The first kappa shape index (κ1) is 8.46. The minimum atomic E-state index is 0.388. The number of aromatic nitrogens is 2. The average molecular weight is 216 g/mol. The van der Waals surface area contributed by atoms with Gasteiger partial charge in [-0.25, -0.2) is 4.98 Å². The van der Waals surface area contributed by atoms with Gasteiger partial charge in [-0.2, -0.15) is 0 Å². The molecular weight excluding hydrogens is 206 g/mol. The first-order valence-corrected chi connectivity index (χ1v) is 4.22. The van der Waals surface area contributed by atoms with Crippen molar-refractivity contribution in [2.75, 3.05) is 5.32 Å². The van der Waals surface area contributed by atoms with Crippen LogP contribution < -0.4 is 5.32 Å². The van der Waals surface area contributed by atoms with Crippen molar-refractivity contribution in [2.24, 2.45) is 0 Å². The van der Waals surface area contributed by atoms with Crippen molar-refractivity contribution in [1.29, 1.82) is 0 Å². The Morgan fingerprint density at radius 3 is 2.73 bits per heavy atom. The molecule has 0 unspecified atom stereocenters. The largest absolute Gasteiger partial charge is 0.367 e. The van der Waals surface area contributed by atoms with Gasteiger partial charge in [0.2, 0.25) is 0 Å². The molecule has 0 spiro atoms. The molecule has 1 rings (SSSR count). The monoisotopic (exact) mass is 215 g/mol. The van der Waals surface area contributed by atoms with Gasteiger partial charge in [0.05, 0.1) is 12.4 Å². The van der Waals surface area contributed by atoms with Crippen LogP contribution in [0.2, 0.25) is 0 Å². The van der Waals surface area contributed by atoms with Gasteiger partial charge in [-0.3, -0.25) is 4.98 Å². The smallest absolute Gasteiger partial charge is 0.146 e. The Kier molecular flexibility index (Phi) is 2.82. The standard InChI is InChI=1S/C7H10BrN3/c1-5(2)10-7-4-9-3-6(8)11-7/h3-5H,1-2H3,(H,10,11). The molecule has 11 heavy (non-hydrogen) atoms. The molecule has 0 saturated carbocycles. The molecule has 1 aromatic rings. The maximum Gasteiger partial charge on any atom is 0.146 e. The van der Waals surface area contributed by atoms with Gasteiger partial charge in [-0.05, 0) is 29.8 Å². The molecule has 0 amide bonds. The van der Waals surface area contributed by atoms with Crippen LogP contribution in [0.1, 0.15) is 13.8 Å². The van der Waals surface area contributed by atoms with Crippen LogP contribution in [-0.2, 0) is 0 Å². The van der Waals surface area contributed by atoms with Crippen LogP contribution in [0, 0.1) is 0 Å². The fourth-order valence-corrected chi connectivity index (χ4v) is 1.02. The third-order valence-corrected chi connectivity index (χ3v) is 1.42. The molecule has 0 bridgehead atoms. The van der Waals surface area contributed by atoms with Gasteiger partial charge in [0.15, 0.2) is 0 Å². The molecule has 0 fully saturated rings. The zero-order valence-electron chi connectivity index (χ0n) is 6.50. The Labute approximate surface area is 74.4 Å². The molecule has 1 heterocycles. The molecule has 0 aliphatic rings. The lowest BCUT2D eigenvalue weighted by atomic mass is 10.4. The van der Waals surface area contributed by atoms with Gasteiger partial charge in [0.25, 0.3) is 0 Å². The van der Waals surface area contributed by atoms with E-state index in [1.165, 1.54) is 0 Å². The van der Waals surface area contributed by atoms with E-state index in [0.717, 1.165) is 10.4 Å². The molecule has 0 saturated heterocycles.